The van der Waals surface area contributed by atoms with Crippen molar-refractivity contribution in [3.63, 3.8) is 0 Å². The Bertz CT molecular complexity index is 559. The molecule has 3 fully saturated rings. The second-order valence-corrected chi connectivity index (χ2v) is 8.40. The summed E-state index contributed by atoms with van der Waals surface area (Å²) in [6.45, 7) is 4.51. The maximum atomic E-state index is 12.5. The lowest BCUT2D eigenvalue weighted by Crippen LogP contribution is -2.52. The number of amides is 2. The molecule has 1 aromatic rings. The zero-order valence-corrected chi connectivity index (χ0v) is 17.1. The van der Waals surface area contributed by atoms with Gasteiger partial charge in [-0.1, -0.05) is 36.4 Å². The van der Waals surface area contributed by atoms with E-state index in [4.69, 9.17) is 4.74 Å². The number of piperidine rings is 1. The van der Waals surface area contributed by atoms with Crippen molar-refractivity contribution in [1.82, 2.24) is 15.1 Å². The van der Waals surface area contributed by atoms with E-state index >= 15 is 0 Å². The fourth-order valence-corrected chi connectivity index (χ4v) is 4.00. The third kappa shape index (κ3) is 6.19. The molecular weight excluding hydrogens is 354 g/mol. The molecule has 1 aromatic carbocycles. The molecule has 1 unspecified atom stereocenters. The van der Waals surface area contributed by atoms with E-state index in [1.54, 1.807) is 12.0 Å². The minimum Gasteiger partial charge on any atom is -0.391 e. The number of methoxy groups -OCH3 is 1. The zero-order chi connectivity index (χ0) is 19.8. The van der Waals surface area contributed by atoms with Crippen LogP contribution < -0.4 is 5.32 Å². The molecule has 0 radical (unpaired) electrons. The van der Waals surface area contributed by atoms with Gasteiger partial charge in [0.25, 0.3) is 0 Å². The summed E-state index contributed by atoms with van der Waals surface area (Å²) in [6.07, 6.45) is 4.93. The Balaban J connectivity index is 0.000000320. The van der Waals surface area contributed by atoms with Gasteiger partial charge in [0, 0.05) is 51.3 Å². The van der Waals surface area contributed by atoms with Gasteiger partial charge in [-0.25, -0.2) is 4.79 Å². The Morgan fingerprint density at radius 1 is 1.04 bits per heavy atom. The Morgan fingerprint density at radius 3 is 2.11 bits per heavy atom. The maximum Gasteiger partial charge on any atom is 0.320 e. The Morgan fingerprint density at radius 2 is 1.64 bits per heavy atom. The van der Waals surface area contributed by atoms with Crippen LogP contribution in [-0.4, -0.2) is 79.5 Å². The van der Waals surface area contributed by atoms with E-state index in [9.17, 15) is 9.90 Å². The average molecular weight is 390 g/mol. The zero-order valence-electron chi connectivity index (χ0n) is 17.1. The highest BCUT2D eigenvalue weighted by atomic mass is 16.5. The number of β-amino-alcohol motifs (C(OH)–C–C–N with tert-alkyl or cyclic N) is 1. The van der Waals surface area contributed by atoms with E-state index in [2.05, 4.69) is 5.32 Å². The van der Waals surface area contributed by atoms with Gasteiger partial charge in [-0.05, 0) is 32.1 Å². The number of hydrogen-bond donors (Lipinski definition) is 2. The molecule has 2 N–H and O–H groups in total. The molecule has 4 rings (SSSR count). The van der Waals surface area contributed by atoms with Gasteiger partial charge in [0.2, 0.25) is 0 Å². The summed E-state index contributed by atoms with van der Waals surface area (Å²) >= 11 is 0. The number of nitrogens with one attached hydrogen (secondary N) is 1. The van der Waals surface area contributed by atoms with E-state index in [1.807, 2.05) is 41.3 Å². The van der Waals surface area contributed by atoms with Crippen molar-refractivity contribution in [3.8, 4) is 0 Å². The topological polar surface area (TPSA) is 65.0 Å². The molecule has 6 heteroatoms. The second kappa shape index (κ2) is 10.2. The third-order valence-electron chi connectivity index (χ3n) is 5.99. The van der Waals surface area contributed by atoms with E-state index in [0.29, 0.717) is 25.6 Å². The van der Waals surface area contributed by atoms with Crippen LogP contribution in [0.25, 0.3) is 0 Å². The van der Waals surface area contributed by atoms with Crippen LogP contribution in [0.1, 0.15) is 32.1 Å². The molecule has 1 atom stereocenters. The molecule has 6 nitrogen and oxygen atoms in total. The average Bonchev–Trinajstić information content (AvgIpc) is 3.47. The summed E-state index contributed by atoms with van der Waals surface area (Å²) in [6, 6.07) is 12.8. The summed E-state index contributed by atoms with van der Waals surface area (Å²) in [4.78, 5) is 16.2. The highest BCUT2D eigenvalue weighted by Crippen LogP contribution is 2.33. The number of nitrogens with zero attached hydrogens (tertiary/aromatic N) is 2. The van der Waals surface area contributed by atoms with Crippen LogP contribution in [0.5, 0.6) is 0 Å². The molecule has 2 aliphatic heterocycles. The van der Waals surface area contributed by atoms with Crippen LogP contribution in [0.15, 0.2) is 36.4 Å². The number of hydrogen-bond acceptors (Lipinski definition) is 4. The second-order valence-electron chi connectivity index (χ2n) is 8.40. The van der Waals surface area contributed by atoms with Gasteiger partial charge in [0.05, 0.1) is 12.7 Å². The maximum absolute atomic E-state index is 12.5. The van der Waals surface area contributed by atoms with Gasteiger partial charge < -0.3 is 25.0 Å². The molecule has 0 bridgehead atoms. The van der Waals surface area contributed by atoms with E-state index < -0.39 is 0 Å². The lowest BCUT2D eigenvalue weighted by molar-refractivity contribution is 0.0261. The Kier molecular flexibility index (Phi) is 7.71. The molecule has 0 spiro atoms. The van der Waals surface area contributed by atoms with Crippen molar-refractivity contribution in [3.05, 3.63) is 36.4 Å². The van der Waals surface area contributed by atoms with Crippen molar-refractivity contribution >= 4 is 6.03 Å². The van der Waals surface area contributed by atoms with Crippen LogP contribution >= 0.6 is 0 Å². The lowest BCUT2D eigenvalue weighted by Gasteiger charge is -2.42. The minimum absolute atomic E-state index is 0.0951. The van der Waals surface area contributed by atoms with Crippen molar-refractivity contribution in [2.24, 2.45) is 5.41 Å². The number of aliphatic hydroxyl groups excluding tert-OH is 1. The molecule has 2 heterocycles. The molecule has 156 valence electrons. The molecule has 1 aliphatic carbocycles. The Hall–Kier alpha value is -1.63. The fourth-order valence-electron chi connectivity index (χ4n) is 4.00. The first-order valence-corrected chi connectivity index (χ1v) is 10.6. The molecule has 1 saturated carbocycles. The molecular formula is C22H35N3O3. The summed E-state index contributed by atoms with van der Waals surface area (Å²) in [5, 5.41) is 13.2. The van der Waals surface area contributed by atoms with Crippen LogP contribution in [0.4, 0.5) is 4.79 Å². The predicted octanol–water partition coefficient (Wildman–Crippen LogP) is 2.34. The number of carbonyl (C=O) groups is 1. The SMILES string of the molecule is COCC1(CNC2CC2)CCN(C(=O)N2CCC(O)C2)CC1.c1ccccc1. The summed E-state index contributed by atoms with van der Waals surface area (Å²) in [5.74, 6) is 0. The predicted molar refractivity (Wildman–Crippen MR) is 110 cm³/mol. The van der Waals surface area contributed by atoms with E-state index in [1.165, 1.54) is 12.8 Å². The highest BCUT2D eigenvalue weighted by Gasteiger charge is 2.39. The largest absolute Gasteiger partial charge is 0.391 e. The fraction of sp³-hybridized carbons (Fsp3) is 0.682. The number of ether oxygens (including phenoxy) is 1. The van der Waals surface area contributed by atoms with Gasteiger partial charge in [0.15, 0.2) is 0 Å². The van der Waals surface area contributed by atoms with E-state index in [0.717, 1.165) is 39.1 Å². The minimum atomic E-state index is -0.343. The summed E-state index contributed by atoms with van der Waals surface area (Å²) in [7, 11) is 1.77. The van der Waals surface area contributed by atoms with Gasteiger partial charge in [0.1, 0.15) is 0 Å². The number of benzene rings is 1. The molecule has 0 aromatic heterocycles. The van der Waals surface area contributed by atoms with Crippen LogP contribution in [-0.2, 0) is 4.74 Å². The van der Waals surface area contributed by atoms with E-state index in [-0.39, 0.29) is 17.6 Å². The van der Waals surface area contributed by atoms with Gasteiger partial charge in [-0.3, -0.25) is 0 Å². The first-order valence-electron chi connectivity index (χ1n) is 10.6. The van der Waals surface area contributed by atoms with Gasteiger partial charge >= 0.3 is 6.03 Å². The smallest absolute Gasteiger partial charge is 0.320 e. The third-order valence-corrected chi connectivity index (χ3v) is 5.99. The number of likely N-dealkylation sites (tertiary alicyclic amines) is 2. The molecule has 2 saturated heterocycles. The number of urea groups is 1. The Labute approximate surface area is 168 Å². The normalized spacial score (nSPS) is 23.9. The molecule has 2 amide bonds. The van der Waals surface area contributed by atoms with Crippen molar-refractivity contribution < 1.29 is 14.6 Å². The monoisotopic (exact) mass is 389 g/mol. The number of rotatable bonds is 5. The number of aliphatic hydroxyl groups is 1. The van der Waals surface area contributed by atoms with Crippen LogP contribution in [0, 0.1) is 5.41 Å². The first-order chi connectivity index (χ1) is 13.6. The van der Waals surface area contributed by atoms with Crippen molar-refractivity contribution in [2.45, 2.75) is 44.2 Å². The summed E-state index contributed by atoms with van der Waals surface area (Å²) in [5.41, 5.74) is 0.165. The van der Waals surface area contributed by atoms with Crippen molar-refractivity contribution in [2.75, 3.05) is 46.4 Å². The quantitative estimate of drug-likeness (QED) is 0.811. The first kappa shape index (κ1) is 21.1. The standard InChI is InChI=1S/C16H29N3O3.C6H6/c1-22-12-16(11-17-13-2-3-13)5-8-18(9-6-16)15(21)19-7-4-14(20)10-19;1-2-4-6-5-3-1/h13-14,17,20H,2-12H2,1H3;1-6H. The van der Waals surface area contributed by atoms with Gasteiger partial charge in [-0.15, -0.1) is 0 Å². The van der Waals surface area contributed by atoms with Crippen LogP contribution in [0.2, 0.25) is 0 Å². The molecule has 3 aliphatic rings. The summed E-state index contributed by atoms with van der Waals surface area (Å²) < 4.78 is 5.46. The van der Waals surface area contributed by atoms with Crippen molar-refractivity contribution in [1.29, 1.82) is 0 Å². The van der Waals surface area contributed by atoms with Crippen LogP contribution in [0.3, 0.4) is 0 Å². The number of carbonyl (C=O) groups excluding carboxylic acids is 1. The molecule has 28 heavy (non-hydrogen) atoms. The lowest BCUT2D eigenvalue weighted by atomic mass is 9.79. The van der Waals surface area contributed by atoms with Gasteiger partial charge in [-0.2, -0.15) is 0 Å². The highest BCUT2D eigenvalue weighted by molar-refractivity contribution is 5.75.